The molecule has 32 heavy (non-hydrogen) atoms. The van der Waals surface area contributed by atoms with Crippen LogP contribution in [0.4, 0.5) is 0 Å². The molecule has 2 aromatic carbocycles. The van der Waals surface area contributed by atoms with Crippen molar-refractivity contribution in [3.8, 4) is 17.0 Å². The molecule has 8 heteroatoms. The molecule has 8 nitrogen and oxygen atoms in total. The molecule has 1 aromatic heterocycles. The number of nitrogens with zero attached hydrogens (tertiary/aromatic N) is 2. The Morgan fingerprint density at radius 3 is 2.66 bits per heavy atom. The van der Waals surface area contributed by atoms with Gasteiger partial charge in [0, 0.05) is 18.6 Å². The Balaban J connectivity index is 1.71. The van der Waals surface area contributed by atoms with Gasteiger partial charge in [-0.1, -0.05) is 47.6 Å². The van der Waals surface area contributed by atoms with Crippen molar-refractivity contribution < 1.29 is 28.6 Å². The minimum absolute atomic E-state index is 0.0615. The molecule has 3 aromatic rings. The molecule has 0 amide bonds. The molecule has 0 saturated heterocycles. The molecular weight excluding hydrogens is 412 g/mol. The average Bonchev–Trinajstić information content (AvgIpc) is 3.30. The van der Waals surface area contributed by atoms with Crippen LogP contribution in [0.5, 0.6) is 5.75 Å². The molecule has 168 valence electrons. The van der Waals surface area contributed by atoms with Crippen molar-refractivity contribution in [3.05, 3.63) is 72.3 Å². The minimum Gasteiger partial charge on any atom is -0.487 e. The lowest BCUT2D eigenvalue weighted by Crippen LogP contribution is -2.26. The van der Waals surface area contributed by atoms with Gasteiger partial charge >= 0.3 is 5.97 Å². The molecule has 0 aliphatic carbocycles. The molecule has 0 fully saturated rings. The quantitative estimate of drug-likeness (QED) is 0.334. The normalized spacial score (nSPS) is 12.4. The molecule has 3 rings (SSSR count). The van der Waals surface area contributed by atoms with Gasteiger partial charge in [0.15, 0.2) is 11.8 Å². The lowest BCUT2D eigenvalue weighted by Gasteiger charge is -2.13. The highest BCUT2D eigenvalue weighted by atomic mass is 16.6. The van der Waals surface area contributed by atoms with Gasteiger partial charge in [0.25, 0.3) is 0 Å². The summed E-state index contributed by atoms with van der Waals surface area (Å²) in [5, 5.41) is 13.4. The van der Waals surface area contributed by atoms with Crippen molar-refractivity contribution in [3.63, 3.8) is 0 Å². The summed E-state index contributed by atoms with van der Waals surface area (Å²) in [4.78, 5) is 21.1. The zero-order valence-corrected chi connectivity index (χ0v) is 18.1. The van der Waals surface area contributed by atoms with Crippen molar-refractivity contribution >= 4 is 11.7 Å². The fraction of sp³-hybridized carbons (Fsp3) is 0.292. The van der Waals surface area contributed by atoms with E-state index >= 15 is 0 Å². The van der Waals surface area contributed by atoms with Gasteiger partial charge in [0.05, 0.1) is 0 Å². The molecule has 1 heterocycles. The fourth-order valence-corrected chi connectivity index (χ4v) is 2.96. The number of ether oxygens (including phenoxy) is 2. The van der Waals surface area contributed by atoms with E-state index in [-0.39, 0.29) is 13.0 Å². The van der Waals surface area contributed by atoms with Gasteiger partial charge in [0.1, 0.15) is 30.9 Å². The zero-order valence-electron chi connectivity index (χ0n) is 18.1. The van der Waals surface area contributed by atoms with Crippen LogP contribution in [0, 0.1) is 0 Å². The van der Waals surface area contributed by atoms with Crippen LogP contribution in [-0.4, -0.2) is 47.7 Å². The van der Waals surface area contributed by atoms with Crippen molar-refractivity contribution in [2.24, 2.45) is 5.16 Å². The summed E-state index contributed by atoms with van der Waals surface area (Å²) in [6.45, 7) is 4.37. The summed E-state index contributed by atoms with van der Waals surface area (Å²) in [6.07, 6.45) is 0.890. The number of carboxylic acids is 1. The van der Waals surface area contributed by atoms with Gasteiger partial charge < -0.3 is 23.8 Å². The standard InChI is InChI=1S/C24H26N2O6/c1-3-29-22(24(27)28)14-17-9-8-12-19(13-17)30-16-21(26-32-4-2)23-25-20(15-31-23)18-10-6-5-7-11-18/h5-13,15,22H,3-4,14,16H2,1-2H3,(H,27,28). The number of hydrogen-bond acceptors (Lipinski definition) is 7. The van der Waals surface area contributed by atoms with E-state index in [0.29, 0.717) is 36.3 Å². The maximum atomic E-state index is 11.4. The van der Waals surface area contributed by atoms with Crippen molar-refractivity contribution in [1.29, 1.82) is 0 Å². The number of rotatable bonds is 12. The summed E-state index contributed by atoms with van der Waals surface area (Å²) >= 11 is 0. The van der Waals surface area contributed by atoms with Crippen LogP contribution in [0.3, 0.4) is 0 Å². The molecule has 0 aliphatic heterocycles. The first kappa shape index (κ1) is 23.0. The molecule has 0 spiro atoms. The first-order valence-electron chi connectivity index (χ1n) is 10.4. The van der Waals surface area contributed by atoms with Crippen LogP contribution in [-0.2, 0) is 20.8 Å². The second-order valence-electron chi connectivity index (χ2n) is 6.78. The Bertz CT molecular complexity index is 1030. The average molecular weight is 438 g/mol. The minimum atomic E-state index is -0.998. The number of oxazole rings is 1. The third-order valence-corrected chi connectivity index (χ3v) is 4.46. The van der Waals surface area contributed by atoms with Crippen LogP contribution in [0.25, 0.3) is 11.3 Å². The molecule has 1 unspecified atom stereocenters. The van der Waals surface area contributed by atoms with E-state index < -0.39 is 12.1 Å². The molecule has 1 atom stereocenters. The molecule has 1 N–H and O–H groups in total. The van der Waals surface area contributed by atoms with Gasteiger partial charge in [-0.05, 0) is 31.5 Å². The van der Waals surface area contributed by atoms with E-state index in [9.17, 15) is 9.90 Å². The maximum absolute atomic E-state index is 11.4. The Morgan fingerprint density at radius 1 is 1.12 bits per heavy atom. The molecule has 0 radical (unpaired) electrons. The first-order chi connectivity index (χ1) is 15.6. The Labute approximate surface area is 186 Å². The van der Waals surface area contributed by atoms with Gasteiger partial charge in [-0.15, -0.1) is 0 Å². The maximum Gasteiger partial charge on any atom is 0.333 e. The SMILES string of the molecule is CCON=C(COc1cccc(CC(OCC)C(=O)O)c1)c1nc(-c2ccccc2)co1. The van der Waals surface area contributed by atoms with E-state index in [1.54, 1.807) is 31.4 Å². The highest BCUT2D eigenvalue weighted by Crippen LogP contribution is 2.20. The largest absolute Gasteiger partial charge is 0.487 e. The Hall–Kier alpha value is -3.65. The number of aliphatic carboxylic acids is 1. The van der Waals surface area contributed by atoms with Crippen LogP contribution in [0.1, 0.15) is 25.3 Å². The lowest BCUT2D eigenvalue weighted by molar-refractivity contribution is -0.149. The third-order valence-electron chi connectivity index (χ3n) is 4.46. The van der Waals surface area contributed by atoms with E-state index in [1.165, 1.54) is 0 Å². The van der Waals surface area contributed by atoms with E-state index in [4.69, 9.17) is 18.7 Å². The van der Waals surface area contributed by atoms with Gasteiger partial charge in [0.2, 0.25) is 5.89 Å². The Morgan fingerprint density at radius 2 is 1.94 bits per heavy atom. The summed E-state index contributed by atoms with van der Waals surface area (Å²) in [5.41, 5.74) is 2.79. The smallest absolute Gasteiger partial charge is 0.333 e. The third kappa shape index (κ3) is 6.42. The molecule has 0 bridgehead atoms. The first-order valence-corrected chi connectivity index (χ1v) is 10.4. The number of carboxylic acid groups (broad SMARTS) is 1. The van der Waals surface area contributed by atoms with Crippen molar-refractivity contribution in [1.82, 2.24) is 4.98 Å². The van der Waals surface area contributed by atoms with Gasteiger partial charge in [-0.3, -0.25) is 0 Å². The van der Waals surface area contributed by atoms with Crippen molar-refractivity contribution in [2.45, 2.75) is 26.4 Å². The van der Waals surface area contributed by atoms with Crippen LogP contribution in [0.2, 0.25) is 0 Å². The van der Waals surface area contributed by atoms with E-state index in [1.807, 2.05) is 43.3 Å². The van der Waals surface area contributed by atoms with Crippen molar-refractivity contribution in [2.75, 3.05) is 19.8 Å². The summed E-state index contributed by atoms with van der Waals surface area (Å²) in [7, 11) is 0. The van der Waals surface area contributed by atoms with Crippen LogP contribution >= 0.6 is 0 Å². The molecule has 0 aliphatic rings. The van der Waals surface area contributed by atoms with Crippen LogP contribution < -0.4 is 4.74 Å². The molecule has 0 saturated carbocycles. The number of aromatic nitrogens is 1. The van der Waals surface area contributed by atoms with Gasteiger partial charge in [-0.25, -0.2) is 9.78 Å². The highest BCUT2D eigenvalue weighted by molar-refractivity contribution is 5.97. The lowest BCUT2D eigenvalue weighted by atomic mass is 10.1. The Kier molecular flexibility index (Phi) is 8.39. The topological polar surface area (TPSA) is 103 Å². The van der Waals surface area contributed by atoms with E-state index in [0.717, 1.165) is 11.1 Å². The predicted octanol–water partition coefficient (Wildman–Crippen LogP) is 4.19. The second-order valence-corrected chi connectivity index (χ2v) is 6.78. The summed E-state index contributed by atoms with van der Waals surface area (Å²) < 4.78 is 16.8. The van der Waals surface area contributed by atoms with Gasteiger partial charge in [-0.2, -0.15) is 0 Å². The number of hydrogen-bond donors (Lipinski definition) is 1. The van der Waals surface area contributed by atoms with Crippen LogP contribution in [0.15, 0.2) is 70.4 Å². The highest BCUT2D eigenvalue weighted by Gasteiger charge is 2.19. The fourth-order valence-electron chi connectivity index (χ4n) is 2.96. The second kappa shape index (κ2) is 11.7. The number of oxime groups is 1. The predicted molar refractivity (Wildman–Crippen MR) is 119 cm³/mol. The summed E-state index contributed by atoms with van der Waals surface area (Å²) in [5.74, 6) is -0.139. The molecular formula is C24H26N2O6. The number of carbonyl (C=O) groups is 1. The zero-order chi connectivity index (χ0) is 22.8. The summed E-state index contributed by atoms with van der Waals surface area (Å²) in [6, 6.07) is 16.9. The number of benzene rings is 2. The van der Waals surface area contributed by atoms with E-state index in [2.05, 4.69) is 10.1 Å². The monoisotopic (exact) mass is 438 g/mol.